The molecule has 1 amide bonds. The third-order valence-electron chi connectivity index (χ3n) is 3.59. The zero-order chi connectivity index (χ0) is 17.1. The second-order valence-electron chi connectivity index (χ2n) is 5.12. The van der Waals surface area contributed by atoms with Crippen LogP contribution in [0.1, 0.15) is 10.6 Å². The summed E-state index contributed by atoms with van der Waals surface area (Å²) in [6.07, 6.45) is 0. The van der Waals surface area contributed by atoms with Crippen LogP contribution in [0.3, 0.4) is 0 Å². The second kappa shape index (κ2) is 7.02. The number of halogens is 1. The molecule has 0 atom stereocenters. The van der Waals surface area contributed by atoms with Gasteiger partial charge in [-0.3, -0.25) is 14.9 Å². The molecule has 2 aromatic rings. The predicted molar refractivity (Wildman–Crippen MR) is 90.5 cm³/mol. The number of carbonyl (C=O) groups is 1. The molecule has 1 N–H and O–H groups in total. The summed E-state index contributed by atoms with van der Waals surface area (Å²) in [6.45, 7) is 2.42. The molecule has 9 heteroatoms. The lowest BCUT2D eigenvalue weighted by Gasteiger charge is -2.30. The highest BCUT2D eigenvalue weighted by molar-refractivity contribution is 9.10. The van der Waals surface area contributed by atoms with Crippen molar-refractivity contribution in [1.82, 2.24) is 0 Å². The number of morpholine rings is 1. The van der Waals surface area contributed by atoms with Gasteiger partial charge in [0.25, 0.3) is 11.6 Å². The lowest BCUT2D eigenvalue weighted by atomic mass is 10.2. The SMILES string of the molecule is O=C(Nc1cc([N+](=O)[O-])ccc1N1CCOCC1)c1ccc(Br)o1. The number of ether oxygens (including phenoxy) is 1. The highest BCUT2D eigenvalue weighted by Crippen LogP contribution is 2.31. The lowest BCUT2D eigenvalue weighted by molar-refractivity contribution is -0.384. The molecule has 0 bridgehead atoms. The van der Waals surface area contributed by atoms with E-state index in [1.165, 1.54) is 18.2 Å². The van der Waals surface area contributed by atoms with Crippen molar-refractivity contribution in [2.45, 2.75) is 0 Å². The topological polar surface area (TPSA) is 97.8 Å². The standard InChI is InChI=1S/C15H14BrN3O5/c16-14-4-3-13(24-14)15(20)17-11-9-10(19(21)22)1-2-12(11)18-5-7-23-8-6-18/h1-4,9H,5-8H2,(H,17,20). The Hall–Kier alpha value is -2.39. The van der Waals surface area contributed by atoms with Crippen LogP contribution in [0.2, 0.25) is 0 Å². The van der Waals surface area contributed by atoms with E-state index >= 15 is 0 Å². The number of hydrogen-bond donors (Lipinski definition) is 1. The third-order valence-corrected chi connectivity index (χ3v) is 4.01. The van der Waals surface area contributed by atoms with Gasteiger partial charge in [0, 0.05) is 25.2 Å². The van der Waals surface area contributed by atoms with E-state index in [4.69, 9.17) is 9.15 Å². The van der Waals surface area contributed by atoms with Crippen molar-refractivity contribution in [2.75, 3.05) is 36.5 Å². The number of non-ortho nitro benzene ring substituents is 1. The van der Waals surface area contributed by atoms with E-state index in [0.717, 1.165) is 0 Å². The van der Waals surface area contributed by atoms with Crippen molar-refractivity contribution in [2.24, 2.45) is 0 Å². The third kappa shape index (κ3) is 3.57. The summed E-state index contributed by atoms with van der Waals surface area (Å²) >= 11 is 3.14. The van der Waals surface area contributed by atoms with Crippen LogP contribution in [0.15, 0.2) is 39.4 Å². The minimum absolute atomic E-state index is 0.0945. The van der Waals surface area contributed by atoms with Gasteiger partial charge in [-0.15, -0.1) is 0 Å². The fourth-order valence-corrected chi connectivity index (χ4v) is 2.74. The van der Waals surface area contributed by atoms with Gasteiger partial charge in [-0.05, 0) is 34.1 Å². The lowest BCUT2D eigenvalue weighted by Crippen LogP contribution is -2.36. The summed E-state index contributed by atoms with van der Waals surface area (Å²) in [6, 6.07) is 7.53. The Kier molecular flexibility index (Phi) is 4.81. The summed E-state index contributed by atoms with van der Waals surface area (Å²) in [5.74, 6) is -0.364. The zero-order valence-corrected chi connectivity index (χ0v) is 14.1. The van der Waals surface area contributed by atoms with Crippen LogP contribution in [0.5, 0.6) is 0 Å². The normalized spacial score (nSPS) is 14.5. The Morgan fingerprint density at radius 2 is 2.00 bits per heavy atom. The number of nitro groups is 1. The molecule has 2 heterocycles. The van der Waals surface area contributed by atoms with Gasteiger partial charge in [0.1, 0.15) is 0 Å². The summed E-state index contributed by atoms with van der Waals surface area (Å²) in [5, 5.41) is 13.7. The van der Waals surface area contributed by atoms with Crippen LogP contribution in [0, 0.1) is 10.1 Å². The number of anilines is 2. The van der Waals surface area contributed by atoms with Gasteiger partial charge >= 0.3 is 0 Å². The van der Waals surface area contributed by atoms with Crippen molar-refractivity contribution >= 4 is 38.9 Å². The molecule has 24 heavy (non-hydrogen) atoms. The number of carbonyl (C=O) groups excluding carboxylic acids is 1. The zero-order valence-electron chi connectivity index (χ0n) is 12.5. The number of benzene rings is 1. The summed E-state index contributed by atoms with van der Waals surface area (Å²) < 4.78 is 11.0. The molecule has 0 unspecified atom stereocenters. The maximum Gasteiger partial charge on any atom is 0.291 e. The number of nitrogens with zero attached hydrogens (tertiary/aromatic N) is 2. The molecule has 126 valence electrons. The van der Waals surface area contributed by atoms with Crippen LogP contribution in [0.4, 0.5) is 17.1 Å². The maximum absolute atomic E-state index is 12.3. The molecule has 0 radical (unpaired) electrons. The second-order valence-corrected chi connectivity index (χ2v) is 5.90. The van der Waals surface area contributed by atoms with Crippen molar-refractivity contribution in [3.05, 3.63) is 50.9 Å². The Bertz CT molecular complexity index is 770. The van der Waals surface area contributed by atoms with Gasteiger partial charge in [-0.25, -0.2) is 0 Å². The molecule has 1 aromatic heterocycles. The van der Waals surface area contributed by atoms with Gasteiger partial charge in [0.15, 0.2) is 10.4 Å². The average molecular weight is 396 g/mol. The molecule has 1 aliphatic heterocycles. The molecule has 1 aromatic carbocycles. The van der Waals surface area contributed by atoms with E-state index in [2.05, 4.69) is 21.2 Å². The number of furan rings is 1. The number of nitrogens with one attached hydrogen (secondary N) is 1. The molecule has 0 saturated carbocycles. The van der Waals surface area contributed by atoms with E-state index < -0.39 is 10.8 Å². The number of nitro benzene ring substituents is 1. The van der Waals surface area contributed by atoms with E-state index in [1.54, 1.807) is 12.1 Å². The predicted octanol–water partition coefficient (Wildman–Crippen LogP) is 3.04. The van der Waals surface area contributed by atoms with Crippen LogP contribution in [0.25, 0.3) is 0 Å². The highest BCUT2D eigenvalue weighted by atomic mass is 79.9. The fourth-order valence-electron chi connectivity index (χ4n) is 2.44. The molecule has 1 aliphatic rings. The smallest absolute Gasteiger partial charge is 0.291 e. The van der Waals surface area contributed by atoms with Crippen molar-refractivity contribution in [3.8, 4) is 0 Å². The molecule has 0 aliphatic carbocycles. The first-order chi connectivity index (χ1) is 11.5. The first-order valence-electron chi connectivity index (χ1n) is 7.22. The molecule has 3 rings (SSSR count). The van der Waals surface area contributed by atoms with Crippen molar-refractivity contribution in [3.63, 3.8) is 0 Å². The minimum Gasteiger partial charge on any atom is -0.444 e. The van der Waals surface area contributed by atoms with Gasteiger partial charge in [0.05, 0.1) is 29.5 Å². The molecule has 8 nitrogen and oxygen atoms in total. The number of amides is 1. The monoisotopic (exact) mass is 395 g/mol. The number of rotatable bonds is 4. The molecule has 0 spiro atoms. The number of hydrogen-bond acceptors (Lipinski definition) is 6. The quantitative estimate of drug-likeness (QED) is 0.630. The van der Waals surface area contributed by atoms with Crippen molar-refractivity contribution in [1.29, 1.82) is 0 Å². The Morgan fingerprint density at radius 1 is 1.25 bits per heavy atom. The largest absolute Gasteiger partial charge is 0.444 e. The molecule has 1 fully saturated rings. The van der Waals surface area contributed by atoms with Crippen LogP contribution < -0.4 is 10.2 Å². The van der Waals surface area contributed by atoms with E-state index in [9.17, 15) is 14.9 Å². The van der Waals surface area contributed by atoms with E-state index in [-0.39, 0.29) is 11.4 Å². The van der Waals surface area contributed by atoms with Crippen molar-refractivity contribution < 1.29 is 18.9 Å². The van der Waals surface area contributed by atoms with Crippen LogP contribution >= 0.6 is 15.9 Å². The Balaban J connectivity index is 1.91. The van der Waals surface area contributed by atoms with Crippen LogP contribution in [-0.4, -0.2) is 37.1 Å². The molecule has 1 saturated heterocycles. The fraction of sp³-hybridized carbons (Fsp3) is 0.267. The minimum atomic E-state index is -0.498. The van der Waals surface area contributed by atoms with Gasteiger partial charge in [-0.1, -0.05) is 0 Å². The molecular formula is C15H14BrN3O5. The van der Waals surface area contributed by atoms with Gasteiger partial charge < -0.3 is 19.4 Å². The van der Waals surface area contributed by atoms with Gasteiger partial charge in [0.2, 0.25) is 0 Å². The average Bonchev–Trinajstić information content (AvgIpc) is 3.02. The summed E-state index contributed by atoms with van der Waals surface area (Å²) in [7, 11) is 0. The van der Waals surface area contributed by atoms with E-state index in [1.807, 2.05) is 4.90 Å². The van der Waals surface area contributed by atoms with Gasteiger partial charge in [-0.2, -0.15) is 0 Å². The summed E-state index contributed by atoms with van der Waals surface area (Å²) in [4.78, 5) is 24.9. The van der Waals surface area contributed by atoms with Crippen LogP contribution in [-0.2, 0) is 4.74 Å². The highest BCUT2D eigenvalue weighted by Gasteiger charge is 2.20. The first-order valence-corrected chi connectivity index (χ1v) is 8.02. The summed E-state index contributed by atoms with van der Waals surface area (Å²) in [5.41, 5.74) is 0.981. The Morgan fingerprint density at radius 3 is 2.62 bits per heavy atom. The first kappa shape index (κ1) is 16.5. The Labute approximate surface area is 145 Å². The van der Waals surface area contributed by atoms with E-state index in [0.29, 0.717) is 42.3 Å². The molecular weight excluding hydrogens is 382 g/mol. The maximum atomic E-state index is 12.3.